The van der Waals surface area contributed by atoms with E-state index >= 15 is 0 Å². The molecule has 1 aliphatic rings. The summed E-state index contributed by atoms with van der Waals surface area (Å²) in [6, 6.07) is 0. The summed E-state index contributed by atoms with van der Waals surface area (Å²) in [6.45, 7) is 2.23. The lowest BCUT2D eigenvalue weighted by atomic mass is 10.1. The second kappa shape index (κ2) is 5.97. The number of aromatic nitrogens is 2. The highest BCUT2D eigenvalue weighted by atomic mass is 16.5. The minimum Gasteiger partial charge on any atom is -0.477 e. The van der Waals surface area contributed by atoms with Gasteiger partial charge in [-0.15, -0.1) is 0 Å². The average Bonchev–Trinajstić information content (AvgIpc) is 2.78. The van der Waals surface area contributed by atoms with Crippen molar-refractivity contribution in [2.45, 2.75) is 31.9 Å². The quantitative estimate of drug-likeness (QED) is 0.821. The van der Waals surface area contributed by atoms with Gasteiger partial charge in [-0.05, 0) is 26.3 Å². The van der Waals surface area contributed by atoms with E-state index in [0.717, 1.165) is 26.0 Å². The molecule has 0 radical (unpaired) electrons. The molecule has 0 amide bonds. The van der Waals surface area contributed by atoms with Crippen LogP contribution < -0.4 is 0 Å². The van der Waals surface area contributed by atoms with Crippen LogP contribution in [-0.4, -0.2) is 52.5 Å². The predicted octanol–water partition coefficient (Wildman–Crippen LogP) is 1.11. The van der Waals surface area contributed by atoms with E-state index in [4.69, 9.17) is 9.84 Å². The summed E-state index contributed by atoms with van der Waals surface area (Å²) in [4.78, 5) is 13.0. The molecule has 1 saturated heterocycles. The van der Waals surface area contributed by atoms with Gasteiger partial charge >= 0.3 is 5.97 Å². The van der Waals surface area contributed by atoms with Gasteiger partial charge in [0, 0.05) is 25.3 Å². The standard InChI is InChI=1S/C12H19N3O3/c1-15(8-10-4-2-3-5-18-10)7-9-6-13-14-11(9)12(16)17/h6,10H,2-5,7-8H2,1H3,(H,13,14)(H,16,17). The van der Waals surface area contributed by atoms with Crippen LogP contribution in [0, 0.1) is 0 Å². The number of aromatic carboxylic acids is 1. The van der Waals surface area contributed by atoms with E-state index in [-0.39, 0.29) is 11.8 Å². The fourth-order valence-corrected chi connectivity index (χ4v) is 2.27. The number of carboxylic acid groups (broad SMARTS) is 1. The van der Waals surface area contributed by atoms with Crippen LogP contribution in [0.3, 0.4) is 0 Å². The number of aromatic amines is 1. The van der Waals surface area contributed by atoms with Gasteiger partial charge in [0.2, 0.25) is 0 Å². The minimum absolute atomic E-state index is 0.173. The van der Waals surface area contributed by atoms with E-state index in [9.17, 15) is 4.79 Å². The summed E-state index contributed by atoms with van der Waals surface area (Å²) in [7, 11) is 1.97. The molecule has 2 N–H and O–H groups in total. The third kappa shape index (κ3) is 3.30. The van der Waals surface area contributed by atoms with Crippen molar-refractivity contribution < 1.29 is 14.6 Å². The van der Waals surface area contributed by atoms with Crippen LogP contribution in [-0.2, 0) is 11.3 Å². The van der Waals surface area contributed by atoms with Gasteiger partial charge in [0.15, 0.2) is 0 Å². The molecule has 2 rings (SSSR count). The van der Waals surface area contributed by atoms with Gasteiger partial charge in [0.25, 0.3) is 0 Å². The molecule has 1 aromatic heterocycles. The van der Waals surface area contributed by atoms with E-state index in [1.54, 1.807) is 6.20 Å². The van der Waals surface area contributed by atoms with Crippen molar-refractivity contribution in [3.8, 4) is 0 Å². The zero-order valence-electron chi connectivity index (χ0n) is 10.6. The normalized spacial score (nSPS) is 20.2. The van der Waals surface area contributed by atoms with Crippen molar-refractivity contribution >= 4 is 5.97 Å². The summed E-state index contributed by atoms with van der Waals surface area (Å²) in [5, 5.41) is 15.3. The predicted molar refractivity (Wildman–Crippen MR) is 65.5 cm³/mol. The number of H-pyrrole nitrogens is 1. The number of rotatable bonds is 5. The topological polar surface area (TPSA) is 78.5 Å². The highest BCUT2D eigenvalue weighted by Crippen LogP contribution is 2.15. The number of nitrogens with one attached hydrogen (secondary N) is 1. The smallest absolute Gasteiger partial charge is 0.354 e. The Kier molecular flexibility index (Phi) is 4.33. The lowest BCUT2D eigenvalue weighted by Crippen LogP contribution is -2.33. The van der Waals surface area contributed by atoms with E-state index in [0.29, 0.717) is 12.1 Å². The monoisotopic (exact) mass is 253 g/mol. The first-order chi connectivity index (χ1) is 8.66. The molecule has 1 aromatic rings. The molecular weight excluding hydrogens is 234 g/mol. The molecule has 6 heteroatoms. The van der Waals surface area contributed by atoms with Crippen LogP contribution in [0.4, 0.5) is 0 Å². The van der Waals surface area contributed by atoms with E-state index in [1.165, 1.54) is 6.42 Å². The SMILES string of the molecule is CN(Cc1cn[nH]c1C(=O)O)CC1CCCCO1. The van der Waals surface area contributed by atoms with E-state index < -0.39 is 5.97 Å². The molecule has 6 nitrogen and oxygen atoms in total. The fourth-order valence-electron chi connectivity index (χ4n) is 2.27. The second-order valence-electron chi connectivity index (χ2n) is 4.76. The Labute approximate surface area is 106 Å². The lowest BCUT2D eigenvalue weighted by molar-refractivity contribution is -0.00262. The fraction of sp³-hybridized carbons (Fsp3) is 0.667. The van der Waals surface area contributed by atoms with Gasteiger partial charge in [0.1, 0.15) is 5.69 Å². The number of hydrogen-bond donors (Lipinski definition) is 2. The Morgan fingerprint density at radius 3 is 3.17 bits per heavy atom. The maximum absolute atomic E-state index is 10.9. The van der Waals surface area contributed by atoms with Gasteiger partial charge in [-0.1, -0.05) is 0 Å². The molecule has 0 aliphatic carbocycles. The number of hydrogen-bond acceptors (Lipinski definition) is 4. The molecule has 1 fully saturated rings. The van der Waals surface area contributed by atoms with Crippen molar-refractivity contribution in [1.29, 1.82) is 0 Å². The Morgan fingerprint density at radius 1 is 1.67 bits per heavy atom. The van der Waals surface area contributed by atoms with Crippen LogP contribution in [0.5, 0.6) is 0 Å². The summed E-state index contributed by atoms with van der Waals surface area (Å²) >= 11 is 0. The van der Waals surface area contributed by atoms with Crippen molar-refractivity contribution in [1.82, 2.24) is 15.1 Å². The number of carboxylic acids is 1. The number of likely N-dealkylation sites (N-methyl/N-ethyl adjacent to an activating group) is 1. The number of carbonyl (C=O) groups is 1. The van der Waals surface area contributed by atoms with Crippen LogP contribution in [0.1, 0.15) is 35.3 Å². The first kappa shape index (κ1) is 13.0. The average molecular weight is 253 g/mol. The Balaban J connectivity index is 1.88. The molecule has 0 spiro atoms. The molecule has 1 aliphatic heterocycles. The van der Waals surface area contributed by atoms with Crippen molar-refractivity contribution in [3.63, 3.8) is 0 Å². The molecule has 0 aromatic carbocycles. The van der Waals surface area contributed by atoms with Crippen molar-refractivity contribution in [2.75, 3.05) is 20.2 Å². The molecule has 1 unspecified atom stereocenters. The zero-order valence-corrected chi connectivity index (χ0v) is 10.6. The number of ether oxygens (including phenoxy) is 1. The maximum Gasteiger partial charge on any atom is 0.354 e. The Morgan fingerprint density at radius 2 is 2.50 bits per heavy atom. The molecule has 18 heavy (non-hydrogen) atoms. The molecule has 0 saturated carbocycles. The van der Waals surface area contributed by atoms with Gasteiger partial charge in [0.05, 0.1) is 12.3 Å². The van der Waals surface area contributed by atoms with Gasteiger partial charge < -0.3 is 9.84 Å². The molecule has 1 atom stereocenters. The van der Waals surface area contributed by atoms with Crippen molar-refractivity contribution in [3.05, 3.63) is 17.5 Å². The third-order valence-electron chi connectivity index (χ3n) is 3.16. The minimum atomic E-state index is -0.968. The second-order valence-corrected chi connectivity index (χ2v) is 4.76. The highest BCUT2D eigenvalue weighted by Gasteiger charge is 2.18. The third-order valence-corrected chi connectivity index (χ3v) is 3.16. The Bertz CT molecular complexity index is 399. The van der Waals surface area contributed by atoms with Gasteiger partial charge in [-0.2, -0.15) is 5.10 Å². The van der Waals surface area contributed by atoms with E-state index in [2.05, 4.69) is 15.1 Å². The van der Waals surface area contributed by atoms with E-state index in [1.807, 2.05) is 7.05 Å². The number of nitrogens with zero attached hydrogens (tertiary/aromatic N) is 2. The first-order valence-electron chi connectivity index (χ1n) is 6.22. The first-order valence-corrected chi connectivity index (χ1v) is 6.22. The summed E-state index contributed by atoms with van der Waals surface area (Å²) in [5.41, 5.74) is 0.882. The van der Waals surface area contributed by atoms with Crippen LogP contribution in [0.25, 0.3) is 0 Å². The molecule has 100 valence electrons. The van der Waals surface area contributed by atoms with Crippen LogP contribution in [0.15, 0.2) is 6.20 Å². The van der Waals surface area contributed by atoms with Crippen molar-refractivity contribution in [2.24, 2.45) is 0 Å². The Hall–Kier alpha value is -1.40. The molecular formula is C12H19N3O3. The van der Waals surface area contributed by atoms with Crippen LogP contribution in [0.2, 0.25) is 0 Å². The maximum atomic E-state index is 10.9. The van der Waals surface area contributed by atoms with Gasteiger partial charge in [-0.25, -0.2) is 4.79 Å². The molecule has 0 bridgehead atoms. The van der Waals surface area contributed by atoms with Gasteiger partial charge in [-0.3, -0.25) is 10.00 Å². The summed E-state index contributed by atoms with van der Waals surface area (Å²) < 4.78 is 5.66. The summed E-state index contributed by atoms with van der Waals surface area (Å²) in [6.07, 6.45) is 5.28. The van der Waals surface area contributed by atoms with Crippen LogP contribution >= 0.6 is 0 Å². The zero-order chi connectivity index (χ0) is 13.0. The largest absolute Gasteiger partial charge is 0.477 e. The molecule has 2 heterocycles. The summed E-state index contributed by atoms with van der Waals surface area (Å²) in [5.74, 6) is -0.968. The lowest BCUT2D eigenvalue weighted by Gasteiger charge is -2.27. The highest BCUT2D eigenvalue weighted by molar-refractivity contribution is 5.86.